The van der Waals surface area contributed by atoms with E-state index in [-0.39, 0.29) is 21.3 Å². The van der Waals surface area contributed by atoms with Crippen LogP contribution in [-0.4, -0.2) is 32.7 Å². The van der Waals surface area contributed by atoms with Gasteiger partial charge in [-0.15, -0.1) is 11.3 Å². The van der Waals surface area contributed by atoms with Crippen LogP contribution in [0.3, 0.4) is 0 Å². The number of carbonyl (C=O) groups excluding carboxylic acids is 1. The molecule has 3 rings (SSSR count). The van der Waals surface area contributed by atoms with Crippen molar-refractivity contribution in [2.24, 2.45) is 0 Å². The van der Waals surface area contributed by atoms with Gasteiger partial charge in [-0.3, -0.25) is 4.79 Å². The molecule has 2 aromatic carbocycles. The first-order chi connectivity index (χ1) is 13.7. The molecule has 0 aliphatic rings. The Morgan fingerprint density at radius 1 is 1.14 bits per heavy atom. The lowest BCUT2D eigenvalue weighted by atomic mass is 10.0. The quantitative estimate of drug-likeness (QED) is 0.606. The van der Waals surface area contributed by atoms with E-state index in [1.807, 2.05) is 17.5 Å². The molecule has 29 heavy (non-hydrogen) atoms. The third kappa shape index (κ3) is 4.67. The molecule has 1 N–H and O–H groups in total. The average Bonchev–Trinajstić information content (AvgIpc) is 3.21. The second-order valence-electron chi connectivity index (χ2n) is 6.40. The van der Waals surface area contributed by atoms with E-state index in [1.54, 1.807) is 12.1 Å². The first kappa shape index (κ1) is 21.4. The maximum Gasteiger partial charge on any atom is 0.253 e. The molecule has 0 spiro atoms. The molecule has 9 heteroatoms. The Morgan fingerprint density at radius 2 is 1.83 bits per heavy atom. The minimum Gasteiger partial charge on any atom is -0.340 e. The Morgan fingerprint density at radius 3 is 2.41 bits per heavy atom. The predicted molar refractivity (Wildman–Crippen MR) is 112 cm³/mol. The summed E-state index contributed by atoms with van der Waals surface area (Å²) >= 11 is 7.62. The van der Waals surface area contributed by atoms with Gasteiger partial charge in [0.2, 0.25) is 10.0 Å². The minimum absolute atomic E-state index is 0.0356. The molecule has 0 fully saturated rings. The molecule has 3 aromatic rings. The number of nitrogens with zero attached hydrogens (tertiary/aromatic N) is 1. The molecule has 0 saturated carbocycles. The second-order valence-corrected chi connectivity index (χ2v) is 9.94. The normalized spacial score (nSPS) is 12.7. The Kier molecular flexibility index (Phi) is 6.38. The van der Waals surface area contributed by atoms with Crippen LogP contribution < -0.4 is 5.32 Å². The highest BCUT2D eigenvalue weighted by Crippen LogP contribution is 2.28. The van der Waals surface area contributed by atoms with Gasteiger partial charge in [-0.05, 0) is 47.3 Å². The summed E-state index contributed by atoms with van der Waals surface area (Å²) < 4.78 is 39.2. The van der Waals surface area contributed by atoms with Crippen LogP contribution in [0, 0.1) is 5.82 Å². The summed E-state index contributed by atoms with van der Waals surface area (Å²) in [5.41, 5.74) is 0.730. The monoisotopic (exact) mass is 452 g/mol. The lowest BCUT2D eigenvalue weighted by molar-refractivity contribution is 0.0943. The van der Waals surface area contributed by atoms with Crippen molar-refractivity contribution in [3.8, 4) is 0 Å². The van der Waals surface area contributed by atoms with Gasteiger partial charge in [0.15, 0.2) is 0 Å². The van der Waals surface area contributed by atoms with Crippen LogP contribution in [0.5, 0.6) is 0 Å². The fourth-order valence-electron chi connectivity index (χ4n) is 2.69. The molecule has 0 radical (unpaired) electrons. The molecule has 1 heterocycles. The summed E-state index contributed by atoms with van der Waals surface area (Å²) in [6.07, 6.45) is 0. The summed E-state index contributed by atoms with van der Waals surface area (Å²) in [6, 6.07) is 13.0. The highest BCUT2D eigenvalue weighted by Gasteiger charge is 2.23. The number of halogens is 2. The van der Waals surface area contributed by atoms with Crippen LogP contribution >= 0.6 is 22.9 Å². The van der Waals surface area contributed by atoms with Crippen molar-refractivity contribution < 1.29 is 17.6 Å². The Bertz CT molecular complexity index is 1120. The number of hydrogen-bond acceptors (Lipinski definition) is 4. The number of thiophene rings is 1. The maximum atomic E-state index is 13.3. The Hall–Kier alpha value is -2.26. The van der Waals surface area contributed by atoms with E-state index in [4.69, 9.17) is 11.6 Å². The molecule has 0 bridgehead atoms. The predicted octanol–water partition coefficient (Wildman–Crippen LogP) is 4.31. The zero-order valence-corrected chi connectivity index (χ0v) is 18.0. The molecule has 0 aliphatic heterocycles. The standard InChI is InChI=1S/C20H18ClFN2O3S2/c1-24(2)29(26,27)15-9-10-17(21)16(12-15)20(25)23-19(18-4-3-11-28-18)13-5-7-14(22)8-6-13/h3-12,19H,1-2H3,(H,23,25)/t19-/m1/s1. The van der Waals surface area contributed by atoms with E-state index >= 15 is 0 Å². The van der Waals surface area contributed by atoms with Crippen molar-refractivity contribution in [3.05, 3.63) is 86.8 Å². The van der Waals surface area contributed by atoms with Crippen LogP contribution in [0.2, 0.25) is 5.02 Å². The molecule has 5 nitrogen and oxygen atoms in total. The van der Waals surface area contributed by atoms with E-state index in [9.17, 15) is 17.6 Å². The molecular formula is C20H18ClFN2O3S2. The topological polar surface area (TPSA) is 66.5 Å². The van der Waals surface area contributed by atoms with Gasteiger partial charge >= 0.3 is 0 Å². The highest BCUT2D eigenvalue weighted by atomic mass is 35.5. The van der Waals surface area contributed by atoms with E-state index in [1.165, 1.54) is 55.8 Å². The maximum absolute atomic E-state index is 13.3. The third-order valence-corrected chi connectivity index (χ3v) is 7.35. The van der Waals surface area contributed by atoms with Gasteiger partial charge in [-0.1, -0.05) is 29.8 Å². The van der Waals surface area contributed by atoms with Crippen LogP contribution in [0.1, 0.15) is 26.8 Å². The van der Waals surface area contributed by atoms with Gasteiger partial charge in [0.25, 0.3) is 5.91 Å². The second kappa shape index (κ2) is 8.62. The van der Waals surface area contributed by atoms with Crippen LogP contribution in [0.25, 0.3) is 0 Å². The van der Waals surface area contributed by atoms with Crippen LogP contribution in [0.15, 0.2) is 64.9 Å². The van der Waals surface area contributed by atoms with Crippen molar-refractivity contribution in [1.29, 1.82) is 0 Å². The molecule has 152 valence electrons. The van der Waals surface area contributed by atoms with Gasteiger partial charge < -0.3 is 5.32 Å². The smallest absolute Gasteiger partial charge is 0.253 e. The van der Waals surface area contributed by atoms with Gasteiger partial charge in [0.1, 0.15) is 5.82 Å². The molecule has 0 unspecified atom stereocenters. The number of nitrogens with one attached hydrogen (secondary N) is 1. The lowest BCUT2D eigenvalue weighted by Crippen LogP contribution is -2.29. The van der Waals surface area contributed by atoms with E-state index in [2.05, 4.69) is 5.32 Å². The van der Waals surface area contributed by atoms with Gasteiger partial charge in [-0.2, -0.15) is 0 Å². The summed E-state index contributed by atoms with van der Waals surface area (Å²) in [5, 5.41) is 4.88. The number of sulfonamides is 1. The van der Waals surface area contributed by atoms with Crippen molar-refractivity contribution in [1.82, 2.24) is 9.62 Å². The molecule has 0 aliphatic carbocycles. The van der Waals surface area contributed by atoms with Gasteiger partial charge in [0, 0.05) is 19.0 Å². The van der Waals surface area contributed by atoms with E-state index < -0.39 is 22.0 Å². The van der Waals surface area contributed by atoms with E-state index in [0.29, 0.717) is 5.56 Å². The molecule has 0 saturated heterocycles. The lowest BCUT2D eigenvalue weighted by Gasteiger charge is -2.19. The Balaban J connectivity index is 1.97. The van der Waals surface area contributed by atoms with Crippen molar-refractivity contribution in [2.75, 3.05) is 14.1 Å². The molecule has 1 atom stereocenters. The van der Waals surface area contributed by atoms with Crippen LogP contribution in [-0.2, 0) is 10.0 Å². The number of amides is 1. The summed E-state index contributed by atoms with van der Waals surface area (Å²) in [4.78, 5) is 13.8. The summed E-state index contributed by atoms with van der Waals surface area (Å²) in [7, 11) is -0.908. The fraction of sp³-hybridized carbons (Fsp3) is 0.150. The first-order valence-corrected chi connectivity index (χ1v) is 11.2. The van der Waals surface area contributed by atoms with Crippen molar-refractivity contribution >= 4 is 38.9 Å². The Labute approximate surface area is 177 Å². The largest absolute Gasteiger partial charge is 0.340 e. The van der Waals surface area contributed by atoms with Crippen molar-refractivity contribution in [2.45, 2.75) is 10.9 Å². The zero-order chi connectivity index (χ0) is 21.2. The first-order valence-electron chi connectivity index (χ1n) is 8.52. The van der Waals surface area contributed by atoms with Crippen molar-refractivity contribution in [3.63, 3.8) is 0 Å². The molecule has 1 amide bonds. The third-order valence-electron chi connectivity index (χ3n) is 4.27. The molecule has 1 aromatic heterocycles. The van der Waals surface area contributed by atoms with Gasteiger partial charge in [-0.25, -0.2) is 17.1 Å². The number of rotatable bonds is 6. The SMILES string of the molecule is CN(C)S(=O)(=O)c1ccc(Cl)c(C(=O)N[C@H](c2ccc(F)cc2)c2cccs2)c1. The minimum atomic E-state index is -3.72. The number of carbonyl (C=O) groups is 1. The average molecular weight is 453 g/mol. The molecular weight excluding hydrogens is 435 g/mol. The number of hydrogen-bond donors (Lipinski definition) is 1. The number of benzene rings is 2. The van der Waals surface area contributed by atoms with Crippen LogP contribution in [0.4, 0.5) is 4.39 Å². The van der Waals surface area contributed by atoms with Gasteiger partial charge in [0.05, 0.1) is 21.5 Å². The zero-order valence-electron chi connectivity index (χ0n) is 15.6. The fourth-order valence-corrected chi connectivity index (χ4v) is 4.62. The highest BCUT2D eigenvalue weighted by molar-refractivity contribution is 7.89. The summed E-state index contributed by atoms with van der Waals surface area (Å²) in [5.74, 6) is -0.914. The van der Waals surface area contributed by atoms with E-state index in [0.717, 1.165) is 9.18 Å². The summed E-state index contributed by atoms with van der Waals surface area (Å²) in [6.45, 7) is 0.